The molecule has 2 heteroatoms. The van der Waals surface area contributed by atoms with Crippen LogP contribution in [0.5, 0.6) is 0 Å². The smallest absolute Gasteiger partial charge is 0.338 e. The van der Waals surface area contributed by atoms with Gasteiger partial charge in [-0.25, -0.2) is 4.79 Å². The number of aryl methyl sites for hydroxylation is 2. The Kier molecular flexibility index (Phi) is 4.51. The number of hydrogen-bond acceptors (Lipinski definition) is 2. The lowest BCUT2D eigenvalue weighted by Crippen LogP contribution is -2.03. The molecular formula is C16H16O2. The van der Waals surface area contributed by atoms with Crippen LogP contribution in [0.4, 0.5) is 0 Å². The molecule has 0 aliphatic carbocycles. The maximum absolute atomic E-state index is 11.7. The van der Waals surface area contributed by atoms with Crippen LogP contribution in [-0.4, -0.2) is 13.1 Å². The summed E-state index contributed by atoms with van der Waals surface area (Å²) in [4.78, 5) is 11.7. The first-order valence-electron chi connectivity index (χ1n) is 5.55. The van der Waals surface area contributed by atoms with Gasteiger partial charge >= 0.3 is 5.97 Å². The van der Waals surface area contributed by atoms with Crippen molar-refractivity contribution in [2.75, 3.05) is 7.11 Å². The van der Waals surface area contributed by atoms with Crippen molar-refractivity contribution >= 4 is 16.7 Å². The van der Waals surface area contributed by atoms with Crippen LogP contribution in [0, 0.1) is 26.7 Å². The lowest BCUT2D eigenvalue weighted by atomic mass is 9.97. The molecule has 18 heavy (non-hydrogen) atoms. The second-order valence-corrected chi connectivity index (χ2v) is 3.92. The van der Waals surface area contributed by atoms with Gasteiger partial charge in [-0.05, 0) is 41.8 Å². The molecule has 0 aromatic heterocycles. The zero-order valence-electron chi connectivity index (χ0n) is 10.9. The highest BCUT2D eigenvalue weighted by atomic mass is 16.5. The molecule has 0 atom stereocenters. The molecule has 0 radical (unpaired) electrons. The van der Waals surface area contributed by atoms with Gasteiger partial charge in [0.25, 0.3) is 0 Å². The maximum atomic E-state index is 11.7. The Labute approximate surface area is 108 Å². The molecule has 0 saturated carbocycles. The normalized spacial score (nSPS) is 9.39. The number of hydrogen-bond donors (Lipinski definition) is 0. The van der Waals surface area contributed by atoms with Gasteiger partial charge in [-0.1, -0.05) is 24.3 Å². The van der Waals surface area contributed by atoms with Gasteiger partial charge in [-0.15, -0.1) is 12.8 Å². The van der Waals surface area contributed by atoms with Crippen LogP contribution in [0.3, 0.4) is 0 Å². The summed E-state index contributed by atoms with van der Waals surface area (Å²) in [5, 5.41) is 2.11. The fourth-order valence-electron chi connectivity index (χ4n) is 2.02. The monoisotopic (exact) mass is 240 g/mol. The average Bonchev–Trinajstić information content (AvgIpc) is 2.41. The third-order valence-electron chi connectivity index (χ3n) is 2.87. The summed E-state index contributed by atoms with van der Waals surface area (Å²) < 4.78 is 4.80. The van der Waals surface area contributed by atoms with E-state index in [0.717, 1.165) is 16.3 Å². The maximum Gasteiger partial charge on any atom is 0.338 e. The summed E-state index contributed by atoms with van der Waals surface area (Å²) in [5.74, 6) is -0.278. The highest BCUT2D eigenvalue weighted by Crippen LogP contribution is 2.26. The van der Waals surface area contributed by atoms with Crippen LogP contribution < -0.4 is 0 Å². The van der Waals surface area contributed by atoms with Crippen molar-refractivity contribution in [1.29, 1.82) is 0 Å². The highest BCUT2D eigenvalue weighted by molar-refractivity contribution is 6.06. The zero-order chi connectivity index (χ0) is 13.7. The molecule has 0 saturated heterocycles. The van der Waals surface area contributed by atoms with Crippen molar-refractivity contribution in [2.45, 2.75) is 13.8 Å². The fraction of sp³-hybridized carbons (Fsp3) is 0.188. The topological polar surface area (TPSA) is 26.3 Å². The highest BCUT2D eigenvalue weighted by Gasteiger charge is 2.12. The van der Waals surface area contributed by atoms with Crippen LogP contribution in [-0.2, 0) is 4.74 Å². The Morgan fingerprint density at radius 2 is 1.72 bits per heavy atom. The Balaban J connectivity index is 0.000000771. The molecule has 2 nitrogen and oxygen atoms in total. The van der Waals surface area contributed by atoms with Crippen molar-refractivity contribution in [2.24, 2.45) is 0 Å². The van der Waals surface area contributed by atoms with E-state index in [0.29, 0.717) is 5.56 Å². The number of ether oxygens (including phenoxy) is 1. The summed E-state index contributed by atoms with van der Waals surface area (Å²) in [6, 6.07) is 9.83. The minimum Gasteiger partial charge on any atom is -0.465 e. The molecule has 0 N–H and O–H groups in total. The molecule has 0 aliphatic heterocycles. The van der Waals surface area contributed by atoms with Crippen molar-refractivity contribution in [3.8, 4) is 12.8 Å². The molecule has 2 rings (SSSR count). The van der Waals surface area contributed by atoms with Crippen molar-refractivity contribution in [1.82, 2.24) is 0 Å². The SMILES string of the molecule is C#C.COC(=O)c1ccc(C)c2cccc(C)c12. The van der Waals surface area contributed by atoms with E-state index in [9.17, 15) is 4.79 Å². The standard InChI is InChI=1S/C14H14O2.C2H2/c1-9-7-8-12(14(15)16-3)13-10(2)5-4-6-11(9)13;1-2/h4-8H,1-3H3;1-2H. The van der Waals surface area contributed by atoms with Gasteiger partial charge < -0.3 is 4.74 Å². The minimum absolute atomic E-state index is 0.278. The van der Waals surface area contributed by atoms with E-state index in [1.807, 2.05) is 44.2 Å². The van der Waals surface area contributed by atoms with Gasteiger partial charge in [0.05, 0.1) is 12.7 Å². The lowest BCUT2D eigenvalue weighted by Gasteiger charge is -2.09. The second-order valence-electron chi connectivity index (χ2n) is 3.92. The van der Waals surface area contributed by atoms with Gasteiger partial charge in [-0.2, -0.15) is 0 Å². The number of fused-ring (bicyclic) bond motifs is 1. The molecule has 0 spiro atoms. The first kappa shape index (κ1) is 13.8. The zero-order valence-corrected chi connectivity index (χ0v) is 10.9. The van der Waals surface area contributed by atoms with Gasteiger partial charge in [0.2, 0.25) is 0 Å². The molecule has 0 unspecified atom stereocenters. The summed E-state index contributed by atoms with van der Waals surface area (Å²) in [5.41, 5.74) is 2.91. The van der Waals surface area contributed by atoms with Crippen molar-refractivity contribution in [3.05, 3.63) is 47.0 Å². The van der Waals surface area contributed by atoms with Crippen molar-refractivity contribution in [3.63, 3.8) is 0 Å². The van der Waals surface area contributed by atoms with Crippen LogP contribution >= 0.6 is 0 Å². The Hall–Kier alpha value is -2.27. The molecule has 0 heterocycles. The van der Waals surface area contributed by atoms with Crippen LogP contribution in [0.15, 0.2) is 30.3 Å². The van der Waals surface area contributed by atoms with Gasteiger partial charge in [0.15, 0.2) is 0 Å². The van der Waals surface area contributed by atoms with Crippen molar-refractivity contribution < 1.29 is 9.53 Å². The second kappa shape index (κ2) is 5.88. The van der Waals surface area contributed by atoms with E-state index >= 15 is 0 Å². The largest absolute Gasteiger partial charge is 0.465 e. The summed E-state index contributed by atoms with van der Waals surface area (Å²) in [7, 11) is 1.41. The first-order chi connectivity index (χ1) is 8.65. The lowest BCUT2D eigenvalue weighted by molar-refractivity contribution is 0.0603. The third kappa shape index (κ3) is 2.36. The quantitative estimate of drug-likeness (QED) is 0.563. The number of terminal acetylenes is 1. The number of carbonyl (C=O) groups excluding carboxylic acids is 1. The summed E-state index contributed by atoms with van der Waals surface area (Å²) in [6.07, 6.45) is 8.00. The van der Waals surface area contributed by atoms with E-state index in [4.69, 9.17) is 4.74 Å². The number of rotatable bonds is 1. The Morgan fingerprint density at radius 3 is 2.33 bits per heavy atom. The molecule has 0 aliphatic rings. The van der Waals surface area contributed by atoms with E-state index < -0.39 is 0 Å². The fourth-order valence-corrected chi connectivity index (χ4v) is 2.02. The predicted octanol–water partition coefficient (Wildman–Crippen LogP) is 3.49. The predicted molar refractivity (Wildman–Crippen MR) is 74.7 cm³/mol. The molecule has 0 bridgehead atoms. The average molecular weight is 240 g/mol. The Bertz CT molecular complexity index is 595. The van der Waals surface area contributed by atoms with Crippen LogP contribution in [0.1, 0.15) is 21.5 Å². The van der Waals surface area contributed by atoms with E-state index in [1.165, 1.54) is 12.7 Å². The molecule has 0 amide bonds. The summed E-state index contributed by atoms with van der Waals surface area (Å²) >= 11 is 0. The van der Waals surface area contributed by atoms with Gasteiger partial charge in [-0.3, -0.25) is 0 Å². The minimum atomic E-state index is -0.278. The Morgan fingerprint density at radius 1 is 1.06 bits per heavy atom. The molecule has 2 aromatic rings. The van der Waals surface area contributed by atoms with E-state index in [1.54, 1.807) is 0 Å². The number of carbonyl (C=O) groups is 1. The summed E-state index contributed by atoms with van der Waals surface area (Å²) in [6.45, 7) is 4.05. The van der Waals surface area contributed by atoms with E-state index in [2.05, 4.69) is 12.8 Å². The number of benzene rings is 2. The molecule has 92 valence electrons. The molecule has 0 fully saturated rings. The molecular weight excluding hydrogens is 224 g/mol. The molecule has 2 aromatic carbocycles. The van der Waals surface area contributed by atoms with Gasteiger partial charge in [0, 0.05) is 0 Å². The van der Waals surface area contributed by atoms with Crippen LogP contribution in [0.25, 0.3) is 10.8 Å². The number of methoxy groups -OCH3 is 1. The first-order valence-corrected chi connectivity index (χ1v) is 5.55. The van der Waals surface area contributed by atoms with Gasteiger partial charge in [0.1, 0.15) is 0 Å². The third-order valence-corrected chi connectivity index (χ3v) is 2.87. The number of esters is 1. The van der Waals surface area contributed by atoms with Crippen LogP contribution in [0.2, 0.25) is 0 Å². The van der Waals surface area contributed by atoms with E-state index in [-0.39, 0.29) is 5.97 Å².